The number of benzene rings is 1. The lowest BCUT2D eigenvalue weighted by Crippen LogP contribution is -2.42. The summed E-state index contributed by atoms with van der Waals surface area (Å²) >= 11 is 0. The van der Waals surface area contributed by atoms with E-state index in [4.69, 9.17) is 0 Å². The average molecular weight is 342 g/mol. The molecular formula is C20H31N5. The predicted molar refractivity (Wildman–Crippen MR) is 106 cm³/mol. The van der Waals surface area contributed by atoms with Crippen LogP contribution >= 0.6 is 0 Å². The van der Waals surface area contributed by atoms with Crippen LogP contribution in [0.25, 0.3) is 10.9 Å². The van der Waals surface area contributed by atoms with Crippen molar-refractivity contribution in [1.82, 2.24) is 20.5 Å². The van der Waals surface area contributed by atoms with Crippen LogP contribution in [0.5, 0.6) is 0 Å². The van der Waals surface area contributed by atoms with E-state index < -0.39 is 0 Å². The summed E-state index contributed by atoms with van der Waals surface area (Å²) in [7, 11) is 1.84. The van der Waals surface area contributed by atoms with Crippen molar-refractivity contribution in [1.29, 1.82) is 0 Å². The molecule has 1 fully saturated rings. The standard InChI is InChI=1S/C20H31N5/c1-16(15-25-11-5-6-12-25)13-24-20(21-2)22-10-9-17-14-23-19-8-4-3-7-18(17)19/h3-4,7-8,14,16,23H,5-6,9-13,15H2,1-2H3,(H2,21,22,24). The number of rotatable bonds is 7. The summed E-state index contributed by atoms with van der Waals surface area (Å²) < 4.78 is 0. The van der Waals surface area contributed by atoms with Crippen molar-refractivity contribution in [2.24, 2.45) is 10.9 Å². The second-order valence-electron chi connectivity index (χ2n) is 7.10. The summed E-state index contributed by atoms with van der Waals surface area (Å²) in [5.41, 5.74) is 2.55. The quantitative estimate of drug-likeness (QED) is 0.536. The minimum absolute atomic E-state index is 0.630. The second-order valence-corrected chi connectivity index (χ2v) is 7.10. The molecule has 1 unspecified atom stereocenters. The maximum absolute atomic E-state index is 4.35. The van der Waals surface area contributed by atoms with Crippen LogP contribution in [0, 0.1) is 5.92 Å². The number of hydrogen-bond donors (Lipinski definition) is 3. The summed E-state index contributed by atoms with van der Waals surface area (Å²) in [5, 5.41) is 8.21. The van der Waals surface area contributed by atoms with Crippen LogP contribution in [0.15, 0.2) is 35.5 Å². The topological polar surface area (TPSA) is 55.5 Å². The van der Waals surface area contributed by atoms with Gasteiger partial charge in [-0.05, 0) is 49.9 Å². The lowest BCUT2D eigenvalue weighted by atomic mass is 10.1. The maximum Gasteiger partial charge on any atom is 0.190 e. The van der Waals surface area contributed by atoms with Crippen LogP contribution in [-0.4, -0.2) is 55.6 Å². The van der Waals surface area contributed by atoms with E-state index in [2.05, 4.69) is 62.9 Å². The number of likely N-dealkylation sites (tertiary alicyclic amines) is 1. The molecule has 0 amide bonds. The zero-order valence-electron chi connectivity index (χ0n) is 15.5. The highest BCUT2D eigenvalue weighted by Crippen LogP contribution is 2.17. The van der Waals surface area contributed by atoms with Crippen molar-refractivity contribution in [3.63, 3.8) is 0 Å². The van der Waals surface area contributed by atoms with Gasteiger partial charge in [0.15, 0.2) is 5.96 Å². The number of hydrogen-bond acceptors (Lipinski definition) is 2. The Bertz CT molecular complexity index is 684. The Morgan fingerprint density at radius 2 is 2.04 bits per heavy atom. The van der Waals surface area contributed by atoms with Gasteiger partial charge < -0.3 is 20.5 Å². The van der Waals surface area contributed by atoms with E-state index >= 15 is 0 Å². The highest BCUT2D eigenvalue weighted by atomic mass is 15.2. The molecule has 2 heterocycles. The predicted octanol–water partition coefficient (Wildman–Crippen LogP) is 2.61. The number of para-hydroxylation sites is 1. The SMILES string of the molecule is CN=C(NCCc1c[nH]c2ccccc12)NCC(C)CN1CCCC1. The minimum Gasteiger partial charge on any atom is -0.361 e. The third-order valence-electron chi connectivity index (χ3n) is 4.97. The largest absolute Gasteiger partial charge is 0.361 e. The van der Waals surface area contributed by atoms with Crippen molar-refractivity contribution in [2.75, 3.05) is 39.8 Å². The number of nitrogens with zero attached hydrogens (tertiary/aromatic N) is 2. The molecule has 25 heavy (non-hydrogen) atoms. The molecule has 3 rings (SSSR count). The summed E-state index contributed by atoms with van der Waals surface area (Å²) in [6.07, 6.45) is 5.81. The molecule has 1 aliphatic rings. The first-order chi connectivity index (χ1) is 12.3. The Balaban J connectivity index is 1.40. The van der Waals surface area contributed by atoms with E-state index in [9.17, 15) is 0 Å². The van der Waals surface area contributed by atoms with Gasteiger partial charge in [-0.2, -0.15) is 0 Å². The van der Waals surface area contributed by atoms with Crippen LogP contribution < -0.4 is 10.6 Å². The lowest BCUT2D eigenvalue weighted by molar-refractivity contribution is 0.287. The van der Waals surface area contributed by atoms with Crippen LogP contribution in [0.2, 0.25) is 0 Å². The van der Waals surface area contributed by atoms with Crippen molar-refractivity contribution < 1.29 is 0 Å². The minimum atomic E-state index is 0.630. The molecular weight excluding hydrogens is 310 g/mol. The number of aromatic nitrogens is 1. The van der Waals surface area contributed by atoms with E-state index in [1.54, 1.807) is 0 Å². The molecule has 0 aliphatic carbocycles. The van der Waals surface area contributed by atoms with Crippen molar-refractivity contribution in [3.05, 3.63) is 36.0 Å². The summed E-state index contributed by atoms with van der Waals surface area (Å²) in [5.74, 6) is 1.53. The van der Waals surface area contributed by atoms with Gasteiger partial charge in [-0.15, -0.1) is 0 Å². The van der Waals surface area contributed by atoms with E-state index in [1.807, 2.05) is 7.05 Å². The summed E-state index contributed by atoms with van der Waals surface area (Å²) in [6.45, 7) is 7.86. The Hall–Kier alpha value is -2.01. The number of fused-ring (bicyclic) bond motifs is 1. The molecule has 3 N–H and O–H groups in total. The third kappa shape index (κ3) is 4.98. The van der Waals surface area contributed by atoms with Gasteiger partial charge in [0, 0.05) is 43.8 Å². The zero-order chi connectivity index (χ0) is 17.5. The molecule has 5 nitrogen and oxygen atoms in total. The molecule has 1 aromatic heterocycles. The van der Waals surface area contributed by atoms with E-state index in [0.29, 0.717) is 5.92 Å². The fourth-order valence-electron chi connectivity index (χ4n) is 3.62. The molecule has 1 aromatic carbocycles. The average Bonchev–Trinajstić information content (AvgIpc) is 3.28. The fourth-order valence-corrected chi connectivity index (χ4v) is 3.62. The smallest absolute Gasteiger partial charge is 0.190 e. The van der Waals surface area contributed by atoms with Gasteiger partial charge in [0.2, 0.25) is 0 Å². The van der Waals surface area contributed by atoms with Crippen LogP contribution in [-0.2, 0) is 6.42 Å². The lowest BCUT2D eigenvalue weighted by Gasteiger charge is -2.21. The Kier molecular flexibility index (Phi) is 6.34. The first-order valence-electron chi connectivity index (χ1n) is 9.48. The molecule has 5 heteroatoms. The van der Waals surface area contributed by atoms with Crippen molar-refractivity contribution >= 4 is 16.9 Å². The number of guanidine groups is 1. The molecule has 0 bridgehead atoms. The van der Waals surface area contributed by atoms with Crippen LogP contribution in [0.4, 0.5) is 0 Å². The molecule has 2 aromatic rings. The van der Waals surface area contributed by atoms with Gasteiger partial charge in [-0.25, -0.2) is 0 Å². The number of H-pyrrole nitrogens is 1. The van der Waals surface area contributed by atoms with Gasteiger partial charge in [0.1, 0.15) is 0 Å². The van der Waals surface area contributed by atoms with Gasteiger partial charge >= 0.3 is 0 Å². The molecule has 1 aliphatic heterocycles. The second kappa shape index (κ2) is 8.90. The summed E-state index contributed by atoms with van der Waals surface area (Å²) in [6, 6.07) is 8.45. The highest BCUT2D eigenvalue weighted by molar-refractivity contribution is 5.83. The third-order valence-corrected chi connectivity index (χ3v) is 4.97. The monoisotopic (exact) mass is 341 g/mol. The van der Waals surface area contributed by atoms with Crippen molar-refractivity contribution in [2.45, 2.75) is 26.2 Å². The molecule has 1 atom stereocenters. The maximum atomic E-state index is 4.35. The number of nitrogens with one attached hydrogen (secondary N) is 3. The Labute approximate surface area is 150 Å². The Morgan fingerprint density at radius 3 is 2.84 bits per heavy atom. The van der Waals surface area contributed by atoms with E-state index in [-0.39, 0.29) is 0 Å². The first-order valence-corrected chi connectivity index (χ1v) is 9.48. The van der Waals surface area contributed by atoms with Gasteiger partial charge in [-0.1, -0.05) is 25.1 Å². The zero-order valence-corrected chi connectivity index (χ0v) is 15.5. The normalized spacial score (nSPS) is 17.1. The van der Waals surface area contributed by atoms with Crippen LogP contribution in [0.3, 0.4) is 0 Å². The molecule has 1 saturated heterocycles. The Morgan fingerprint density at radius 1 is 1.24 bits per heavy atom. The number of aromatic amines is 1. The van der Waals surface area contributed by atoms with E-state index in [1.165, 1.54) is 48.9 Å². The first kappa shape index (κ1) is 17.8. The van der Waals surface area contributed by atoms with Crippen molar-refractivity contribution in [3.8, 4) is 0 Å². The van der Waals surface area contributed by atoms with Crippen LogP contribution in [0.1, 0.15) is 25.3 Å². The summed E-state index contributed by atoms with van der Waals surface area (Å²) in [4.78, 5) is 10.3. The molecule has 136 valence electrons. The van der Waals surface area contributed by atoms with Gasteiger partial charge in [-0.3, -0.25) is 4.99 Å². The fraction of sp³-hybridized carbons (Fsp3) is 0.550. The van der Waals surface area contributed by atoms with Gasteiger partial charge in [0.25, 0.3) is 0 Å². The van der Waals surface area contributed by atoms with Gasteiger partial charge in [0.05, 0.1) is 0 Å². The molecule has 0 spiro atoms. The number of aliphatic imine (C=N–C) groups is 1. The highest BCUT2D eigenvalue weighted by Gasteiger charge is 2.14. The molecule has 0 radical (unpaired) electrons. The molecule has 0 saturated carbocycles. The van der Waals surface area contributed by atoms with E-state index in [0.717, 1.165) is 25.5 Å².